The lowest BCUT2D eigenvalue weighted by atomic mass is 9.44. The van der Waals surface area contributed by atoms with E-state index in [0.717, 1.165) is 73.1 Å². The number of rotatable bonds is 36. The number of aliphatic carboxylic acids is 1. The summed E-state index contributed by atoms with van der Waals surface area (Å²) in [6.07, 6.45) is -0.184. The molecule has 1 unspecified atom stereocenters. The lowest BCUT2D eigenvalue weighted by molar-refractivity contribution is -0.352. The van der Waals surface area contributed by atoms with Gasteiger partial charge in [-0.1, -0.05) is 198 Å². The Hall–Kier alpha value is -7.82. The molecule has 1 saturated heterocycles. The summed E-state index contributed by atoms with van der Waals surface area (Å²) in [4.78, 5) is 117. The normalized spacial score (nSPS) is 25.4. The van der Waals surface area contributed by atoms with Gasteiger partial charge in [0.25, 0.3) is 0 Å². The monoisotopic (exact) mass is 1540 g/mol. The van der Waals surface area contributed by atoms with Gasteiger partial charge in [-0.05, 0) is 149 Å². The van der Waals surface area contributed by atoms with E-state index in [1.54, 1.807) is 81.4 Å². The maximum atomic E-state index is 16.5. The van der Waals surface area contributed by atoms with Crippen molar-refractivity contribution in [1.82, 2.24) is 10.2 Å². The first-order valence-corrected chi connectivity index (χ1v) is 40.6. The molecule has 4 aromatic rings. The van der Waals surface area contributed by atoms with E-state index in [9.17, 15) is 39.0 Å². The second-order valence-corrected chi connectivity index (χ2v) is 33.2. The number of carbonyl (C=O) groups is 8. The molecule has 21 heteroatoms. The summed E-state index contributed by atoms with van der Waals surface area (Å²) >= 11 is 0. The highest BCUT2D eigenvalue weighted by atomic mass is 16.6. The molecule has 21 nitrogen and oxygen atoms in total. The number of carboxylic acids is 1. The number of nitrogens with one attached hydrogen (secondary N) is 1. The molecule has 0 amide bonds. The molecule has 2 saturated carbocycles. The Kier molecular flexibility index (Phi) is 31.4. The number of esters is 6. The van der Waals surface area contributed by atoms with Gasteiger partial charge in [0.15, 0.2) is 17.5 Å². The summed E-state index contributed by atoms with van der Waals surface area (Å²) in [5.74, 6) is -5.98. The van der Waals surface area contributed by atoms with E-state index in [1.807, 2.05) is 51.1 Å². The van der Waals surface area contributed by atoms with Gasteiger partial charge in [0.2, 0.25) is 6.10 Å². The summed E-state index contributed by atoms with van der Waals surface area (Å²) in [6.45, 7) is 35.6. The fourth-order valence-electron chi connectivity index (χ4n) is 17.7. The lowest BCUT2D eigenvalue weighted by Gasteiger charge is -2.68. The average Bonchev–Trinajstić information content (AvgIpc) is 0.667. The van der Waals surface area contributed by atoms with Crippen LogP contribution in [0, 0.1) is 55.3 Å². The second kappa shape index (κ2) is 39.3. The second-order valence-electron chi connectivity index (χ2n) is 33.2. The van der Waals surface area contributed by atoms with Crippen molar-refractivity contribution in [2.75, 3.05) is 26.2 Å². The number of aliphatic hydroxyl groups is 1. The van der Waals surface area contributed by atoms with Crippen LogP contribution in [0.1, 0.15) is 245 Å². The summed E-state index contributed by atoms with van der Waals surface area (Å²) in [7, 11) is 0. The van der Waals surface area contributed by atoms with E-state index in [4.69, 9.17) is 42.6 Å². The number of nitrogens with zero attached hydrogens (tertiary/aromatic N) is 1. The molecule has 3 fully saturated rings. The minimum atomic E-state index is -2.35. The van der Waals surface area contributed by atoms with E-state index in [-0.39, 0.29) is 37.3 Å². The molecule has 0 radical (unpaired) electrons. The van der Waals surface area contributed by atoms with Crippen molar-refractivity contribution in [2.24, 2.45) is 34.5 Å². The van der Waals surface area contributed by atoms with E-state index in [2.05, 4.69) is 65.6 Å². The van der Waals surface area contributed by atoms with Crippen LogP contribution in [-0.4, -0.2) is 142 Å². The third-order valence-electron chi connectivity index (χ3n) is 24.5. The fraction of sp³-hybridized carbons (Fsp3) is 0.622. The number of carboxylic acid groups (broad SMARTS) is 1. The van der Waals surface area contributed by atoms with Crippen LogP contribution in [0.25, 0.3) is 0 Å². The van der Waals surface area contributed by atoms with Crippen molar-refractivity contribution >= 4 is 47.6 Å². The number of benzene rings is 4. The van der Waals surface area contributed by atoms with Crippen LogP contribution >= 0.6 is 0 Å². The zero-order chi connectivity index (χ0) is 81.3. The maximum absolute atomic E-state index is 16.5. The summed E-state index contributed by atoms with van der Waals surface area (Å²) in [5.41, 5.74) is -2.75. The molecule has 9 rings (SSSR count). The highest BCUT2D eigenvalue weighted by Crippen LogP contribution is 2.65. The van der Waals surface area contributed by atoms with Gasteiger partial charge in [0, 0.05) is 50.1 Å². The van der Waals surface area contributed by atoms with Gasteiger partial charge in [-0.15, -0.1) is 0 Å². The molecular weight excluding hydrogens is 1410 g/mol. The van der Waals surface area contributed by atoms with Crippen LogP contribution in [0.5, 0.6) is 11.5 Å². The molecule has 0 aromatic heterocycles. The molecule has 2 bridgehead atoms. The largest absolute Gasteiger partial charge is 0.487 e. The van der Waals surface area contributed by atoms with E-state index in [1.165, 1.54) is 72.0 Å². The van der Waals surface area contributed by atoms with Crippen LogP contribution in [0.15, 0.2) is 102 Å². The van der Waals surface area contributed by atoms with Gasteiger partial charge in [0.1, 0.15) is 41.0 Å². The topological polar surface area (TPSA) is 275 Å². The summed E-state index contributed by atoms with van der Waals surface area (Å²) in [5, 5.41) is 27.5. The van der Waals surface area contributed by atoms with Crippen molar-refractivity contribution < 1.29 is 91.2 Å². The Morgan fingerprint density at radius 3 is 1.81 bits per heavy atom. The van der Waals surface area contributed by atoms with Crippen molar-refractivity contribution in [3.05, 3.63) is 141 Å². The van der Waals surface area contributed by atoms with Crippen molar-refractivity contribution in [3.8, 4) is 11.5 Å². The predicted molar refractivity (Wildman–Crippen MR) is 422 cm³/mol. The Labute approximate surface area is 658 Å². The molecule has 2 heterocycles. The number of hydrogen-bond acceptors (Lipinski definition) is 20. The Balaban J connectivity index is 0.00000211. The highest BCUT2D eigenvalue weighted by molar-refractivity contribution is 5.95. The van der Waals surface area contributed by atoms with E-state index < -0.39 is 156 Å². The molecule has 4 aromatic carbocycles. The first-order chi connectivity index (χ1) is 52.6. The van der Waals surface area contributed by atoms with Gasteiger partial charge in [-0.3, -0.25) is 33.6 Å². The van der Waals surface area contributed by atoms with E-state index in [0.29, 0.717) is 34.1 Å². The first kappa shape index (κ1) is 88.7. The minimum Gasteiger partial charge on any atom is -0.487 e. The van der Waals surface area contributed by atoms with Crippen molar-refractivity contribution in [1.29, 1.82) is 0 Å². The Bertz CT molecular complexity index is 3870. The number of ether oxygens (including phenoxy) is 9. The fourth-order valence-corrected chi connectivity index (χ4v) is 17.7. The third kappa shape index (κ3) is 21.3. The van der Waals surface area contributed by atoms with Crippen LogP contribution < -0.4 is 14.8 Å². The van der Waals surface area contributed by atoms with Crippen LogP contribution in [0.4, 0.5) is 0 Å². The Morgan fingerprint density at radius 1 is 0.676 bits per heavy atom. The number of Topliss-reactive ketones (excluding diaryl/α,β-unsaturated/α-hetero) is 1. The number of carbonyl (C=O) groups excluding carboxylic acids is 7. The van der Waals surface area contributed by atoms with Crippen LogP contribution in [0.2, 0.25) is 0 Å². The minimum absolute atomic E-state index is 0.00886. The molecule has 0 spiro atoms. The molecule has 3 N–H and O–H groups in total. The zero-order valence-corrected chi connectivity index (χ0v) is 69.1. The van der Waals surface area contributed by atoms with Gasteiger partial charge < -0.3 is 63.1 Å². The molecule has 5 aliphatic rings. The molecule has 14 atom stereocenters. The van der Waals surface area contributed by atoms with E-state index >= 15 is 9.59 Å². The number of fused-ring (bicyclic) bond motifs is 6. The van der Waals surface area contributed by atoms with Crippen molar-refractivity contribution in [2.45, 2.75) is 299 Å². The van der Waals surface area contributed by atoms with Gasteiger partial charge in [-0.25, -0.2) is 4.79 Å². The molecular formula is C90H126N2O19. The molecule has 3 aliphatic carbocycles. The van der Waals surface area contributed by atoms with Crippen molar-refractivity contribution in [3.63, 3.8) is 0 Å². The SMILES string of the molecule is CC(=O)O[C@H]1C(=O)[C@]2(C)[C@@H](OC(=O)CCC(=O)O)C[C@H]3OC[C@@]3(OC(C)=O)[C@H]2[C@H](OCc2ccccc2)[C@]2(O)C[C@H](OC(=O)[C@H](OC(=O)CCC(=O)Oc3c(C)c(C)c4c(c3C)OC(C)(CCC[C@@H](C)CCC[C@@H](C)CCCC(C)C)CC4)[C@@H](NCc3ccccc3)c3ccccc3)C(C)=C1C2(C)C.CCN(CC)CC. The Morgan fingerprint density at radius 2 is 1.25 bits per heavy atom. The molecule has 111 heavy (non-hydrogen) atoms. The first-order valence-electron chi connectivity index (χ1n) is 40.6. The van der Waals surface area contributed by atoms with Gasteiger partial charge in [0.05, 0.1) is 56.5 Å². The highest BCUT2D eigenvalue weighted by Gasteiger charge is 2.78. The predicted octanol–water partition coefficient (Wildman–Crippen LogP) is 15.6. The van der Waals surface area contributed by atoms with Crippen LogP contribution in [-0.2, 0) is 91.1 Å². The third-order valence-corrected chi connectivity index (χ3v) is 24.5. The zero-order valence-electron chi connectivity index (χ0n) is 69.1. The summed E-state index contributed by atoms with van der Waals surface area (Å²) in [6, 6.07) is 25.9. The number of hydrogen-bond donors (Lipinski definition) is 3. The van der Waals surface area contributed by atoms with Crippen LogP contribution in [0.3, 0.4) is 0 Å². The van der Waals surface area contributed by atoms with Gasteiger partial charge in [-0.2, -0.15) is 0 Å². The maximum Gasteiger partial charge on any atom is 0.350 e. The lowest BCUT2D eigenvalue weighted by Crippen LogP contribution is -2.82. The molecule has 610 valence electrons. The smallest absolute Gasteiger partial charge is 0.350 e. The number of ketones is 1. The average molecular weight is 1540 g/mol. The van der Waals surface area contributed by atoms with Gasteiger partial charge >= 0.3 is 41.8 Å². The quantitative estimate of drug-likeness (QED) is 0.0165. The molecule has 2 aliphatic heterocycles. The summed E-state index contributed by atoms with van der Waals surface area (Å²) < 4.78 is 58.2. The standard InChI is InChI=1S/C84H111NO19.C6H15N/c1-50(2)27-24-28-51(3)29-25-30-52(4)31-26-43-81(13)44-42-62-53(5)54(6)72(56(8)73(62)104-81)101-68(91)40-41-69(92)102-75(71(61-36-22-17-23-37-61)85-47-59-32-18-15-19-33-59)79(94)99-63-46-84(95)78(96-48-60-34-20-16-21-35-60)76-82(14,77(93)74(98-57(9)86)70(55(63)7)80(84,11)12)64(100-67(90)39-38-66(88)89)45-65-83(76,49-97-65)103-58(10)87;1-4-7(5-2)6-3/h15-23,32-37,50-52,63-65,71,74-76,78,85,95H,24-31,38-49H2,1-14H3,(H,88,89);4-6H2,1-3H3/t51-,52-,63-,64-,65+,71-,74+,75+,76-,78-,81?,82+,83-,84+;/m0./s1.